The van der Waals surface area contributed by atoms with Crippen LogP contribution < -0.4 is 0 Å². The van der Waals surface area contributed by atoms with E-state index in [0.717, 1.165) is 11.1 Å². The van der Waals surface area contributed by atoms with Crippen LogP contribution in [0.25, 0.3) is 0 Å². The standard InChI is InChI=1S/C15H13Cl2FO/c1-8-5-11(13(17)6-9(8)2)15(19)12-7-10(16)3-4-14(12)18/h3-7,15,19H,1-2H3. The molecule has 0 saturated heterocycles. The minimum absolute atomic E-state index is 0.123. The van der Waals surface area contributed by atoms with Gasteiger partial charge in [-0.1, -0.05) is 29.3 Å². The molecule has 0 saturated carbocycles. The molecule has 4 heteroatoms. The van der Waals surface area contributed by atoms with Crippen molar-refractivity contribution in [2.24, 2.45) is 0 Å². The summed E-state index contributed by atoms with van der Waals surface area (Å²) in [6.45, 7) is 3.84. The maximum atomic E-state index is 13.8. The van der Waals surface area contributed by atoms with Crippen LogP contribution in [0.5, 0.6) is 0 Å². The monoisotopic (exact) mass is 298 g/mol. The van der Waals surface area contributed by atoms with E-state index in [1.165, 1.54) is 18.2 Å². The number of halogens is 3. The summed E-state index contributed by atoms with van der Waals surface area (Å²) < 4.78 is 13.8. The van der Waals surface area contributed by atoms with E-state index in [4.69, 9.17) is 23.2 Å². The molecule has 0 bridgehead atoms. The van der Waals surface area contributed by atoms with Gasteiger partial charge < -0.3 is 5.11 Å². The third-order valence-corrected chi connectivity index (χ3v) is 3.72. The Morgan fingerprint density at radius 2 is 1.63 bits per heavy atom. The highest BCUT2D eigenvalue weighted by Gasteiger charge is 2.19. The quantitative estimate of drug-likeness (QED) is 0.842. The SMILES string of the molecule is Cc1cc(Cl)c(C(O)c2cc(Cl)ccc2F)cc1C. The Morgan fingerprint density at radius 3 is 2.32 bits per heavy atom. The minimum Gasteiger partial charge on any atom is -0.383 e. The van der Waals surface area contributed by atoms with Gasteiger partial charge in [0.1, 0.15) is 11.9 Å². The van der Waals surface area contributed by atoms with Crippen molar-refractivity contribution in [2.45, 2.75) is 20.0 Å². The van der Waals surface area contributed by atoms with Gasteiger partial charge in [-0.05, 0) is 49.2 Å². The summed E-state index contributed by atoms with van der Waals surface area (Å²) in [5.74, 6) is -0.508. The molecule has 2 rings (SSSR count). The van der Waals surface area contributed by atoms with Crippen molar-refractivity contribution in [3.05, 3.63) is 68.4 Å². The van der Waals surface area contributed by atoms with Crippen molar-refractivity contribution in [1.82, 2.24) is 0 Å². The molecule has 2 aromatic carbocycles. The van der Waals surface area contributed by atoms with E-state index in [9.17, 15) is 9.50 Å². The topological polar surface area (TPSA) is 20.2 Å². The molecular weight excluding hydrogens is 286 g/mol. The second-order valence-electron chi connectivity index (χ2n) is 4.53. The van der Waals surface area contributed by atoms with Crippen LogP contribution >= 0.6 is 23.2 Å². The normalized spacial score (nSPS) is 12.5. The summed E-state index contributed by atoms with van der Waals surface area (Å²) in [6.07, 6.45) is -1.13. The molecule has 1 nitrogen and oxygen atoms in total. The van der Waals surface area contributed by atoms with E-state index in [1.54, 1.807) is 12.1 Å². The maximum absolute atomic E-state index is 13.8. The van der Waals surface area contributed by atoms with Gasteiger partial charge in [0.15, 0.2) is 0 Å². The molecule has 2 aromatic rings. The second-order valence-corrected chi connectivity index (χ2v) is 5.37. The van der Waals surface area contributed by atoms with Gasteiger partial charge in [0.25, 0.3) is 0 Å². The zero-order valence-electron chi connectivity index (χ0n) is 10.5. The third kappa shape index (κ3) is 2.92. The van der Waals surface area contributed by atoms with Gasteiger partial charge in [0.05, 0.1) is 0 Å². The van der Waals surface area contributed by atoms with Crippen LogP contribution in [0.15, 0.2) is 30.3 Å². The van der Waals surface area contributed by atoms with Gasteiger partial charge in [0, 0.05) is 21.2 Å². The molecule has 0 heterocycles. The van der Waals surface area contributed by atoms with Crippen LogP contribution in [-0.4, -0.2) is 5.11 Å². The number of hydrogen-bond acceptors (Lipinski definition) is 1. The summed E-state index contributed by atoms with van der Waals surface area (Å²) in [5.41, 5.74) is 2.61. The van der Waals surface area contributed by atoms with E-state index < -0.39 is 11.9 Å². The van der Waals surface area contributed by atoms with Crippen molar-refractivity contribution in [3.63, 3.8) is 0 Å². The van der Waals surface area contributed by atoms with E-state index >= 15 is 0 Å². The first-order valence-corrected chi connectivity index (χ1v) is 6.55. The van der Waals surface area contributed by atoms with E-state index in [-0.39, 0.29) is 5.56 Å². The molecule has 1 atom stereocenters. The van der Waals surface area contributed by atoms with Crippen LogP contribution in [0.4, 0.5) is 4.39 Å². The molecule has 0 aliphatic rings. The first-order chi connectivity index (χ1) is 8.90. The third-order valence-electron chi connectivity index (χ3n) is 3.16. The van der Waals surface area contributed by atoms with Crippen molar-refractivity contribution in [2.75, 3.05) is 0 Å². The van der Waals surface area contributed by atoms with Crippen LogP contribution in [0.1, 0.15) is 28.4 Å². The molecule has 100 valence electrons. The van der Waals surface area contributed by atoms with Gasteiger partial charge in [-0.2, -0.15) is 0 Å². The lowest BCUT2D eigenvalue weighted by Gasteiger charge is -2.16. The van der Waals surface area contributed by atoms with Crippen molar-refractivity contribution in [3.8, 4) is 0 Å². The number of rotatable bonds is 2. The fraction of sp³-hybridized carbons (Fsp3) is 0.200. The Hall–Kier alpha value is -1.09. The summed E-state index contributed by atoms with van der Waals surface area (Å²) >= 11 is 12.0. The average Bonchev–Trinajstić information content (AvgIpc) is 2.36. The van der Waals surface area contributed by atoms with Gasteiger partial charge in [-0.25, -0.2) is 4.39 Å². The minimum atomic E-state index is -1.13. The van der Waals surface area contributed by atoms with Gasteiger partial charge in [0.2, 0.25) is 0 Å². The molecule has 0 radical (unpaired) electrons. The van der Waals surface area contributed by atoms with Crippen LogP contribution in [0.3, 0.4) is 0 Å². The smallest absolute Gasteiger partial charge is 0.129 e. The number of aliphatic hydroxyl groups is 1. The van der Waals surface area contributed by atoms with Crippen LogP contribution in [0, 0.1) is 19.7 Å². The highest BCUT2D eigenvalue weighted by molar-refractivity contribution is 6.31. The first-order valence-electron chi connectivity index (χ1n) is 5.80. The average molecular weight is 299 g/mol. The van der Waals surface area contributed by atoms with Gasteiger partial charge in [-0.15, -0.1) is 0 Å². The van der Waals surface area contributed by atoms with Crippen LogP contribution in [0.2, 0.25) is 10.0 Å². The van der Waals surface area contributed by atoms with E-state index in [1.807, 2.05) is 13.8 Å². The summed E-state index contributed by atoms with van der Waals surface area (Å²) in [6, 6.07) is 7.61. The van der Waals surface area contributed by atoms with E-state index in [0.29, 0.717) is 15.6 Å². The highest BCUT2D eigenvalue weighted by Crippen LogP contribution is 2.32. The fourth-order valence-corrected chi connectivity index (χ4v) is 2.41. The van der Waals surface area contributed by atoms with Crippen molar-refractivity contribution < 1.29 is 9.50 Å². The molecule has 0 fully saturated rings. The molecule has 0 spiro atoms. The second kappa shape index (κ2) is 5.49. The molecule has 0 aliphatic carbocycles. The largest absolute Gasteiger partial charge is 0.383 e. The van der Waals surface area contributed by atoms with Crippen molar-refractivity contribution in [1.29, 1.82) is 0 Å². The zero-order chi connectivity index (χ0) is 14.2. The lowest BCUT2D eigenvalue weighted by atomic mass is 9.97. The predicted octanol–water partition coefficient (Wildman–Crippen LogP) is 4.83. The molecular formula is C15H13Cl2FO. The van der Waals surface area contributed by atoms with Crippen LogP contribution in [-0.2, 0) is 0 Å². The number of hydrogen-bond donors (Lipinski definition) is 1. The number of benzene rings is 2. The summed E-state index contributed by atoms with van der Waals surface area (Å²) in [7, 11) is 0. The Labute approximate surface area is 121 Å². The number of aryl methyl sites for hydroxylation is 2. The zero-order valence-corrected chi connectivity index (χ0v) is 12.1. The molecule has 0 amide bonds. The predicted molar refractivity (Wildman–Crippen MR) is 76.4 cm³/mol. The Kier molecular flexibility index (Phi) is 4.14. The lowest BCUT2D eigenvalue weighted by molar-refractivity contribution is 0.215. The first kappa shape index (κ1) is 14.3. The molecule has 1 N–H and O–H groups in total. The van der Waals surface area contributed by atoms with Gasteiger partial charge >= 0.3 is 0 Å². The van der Waals surface area contributed by atoms with E-state index in [2.05, 4.69) is 0 Å². The maximum Gasteiger partial charge on any atom is 0.129 e. The molecule has 0 aromatic heterocycles. The summed E-state index contributed by atoms with van der Waals surface area (Å²) in [4.78, 5) is 0. The number of aliphatic hydroxyl groups excluding tert-OH is 1. The highest BCUT2D eigenvalue weighted by atomic mass is 35.5. The van der Waals surface area contributed by atoms with Crippen molar-refractivity contribution >= 4 is 23.2 Å². The Morgan fingerprint density at radius 1 is 1.00 bits per heavy atom. The summed E-state index contributed by atoms with van der Waals surface area (Å²) in [5, 5.41) is 11.1. The fourth-order valence-electron chi connectivity index (χ4n) is 1.90. The van der Waals surface area contributed by atoms with Gasteiger partial charge in [-0.3, -0.25) is 0 Å². The molecule has 0 aliphatic heterocycles. The molecule has 1 unspecified atom stereocenters. The lowest BCUT2D eigenvalue weighted by Crippen LogP contribution is -2.04. The Bertz CT molecular complexity index is 626. The molecule has 19 heavy (non-hydrogen) atoms. The Balaban J connectivity index is 2.52.